The van der Waals surface area contributed by atoms with E-state index in [4.69, 9.17) is 0 Å². The van der Waals surface area contributed by atoms with Crippen molar-refractivity contribution in [3.63, 3.8) is 0 Å². The number of aryl methyl sites for hydroxylation is 2. The predicted octanol–water partition coefficient (Wildman–Crippen LogP) is 31.3. The molecule has 0 N–H and O–H groups in total. The zero-order valence-electron chi connectivity index (χ0n) is 77.5. The number of sulfone groups is 3. The number of hydrogen-bond donors (Lipinski definition) is 0. The summed E-state index contributed by atoms with van der Waals surface area (Å²) >= 11 is 0. The average Bonchev–Trinajstić information content (AvgIpc) is 0.816. The molecule has 14 rings (SSSR count). The first-order valence-corrected chi connectivity index (χ1v) is 47.4. The molecule has 0 spiro atoms. The maximum Gasteiger partial charge on any atom is 0.206 e. The smallest absolute Gasteiger partial charge is 0.206 e. The van der Waals surface area contributed by atoms with Crippen molar-refractivity contribution < 1.29 is 39.6 Å². The van der Waals surface area contributed by atoms with Crippen LogP contribution in [0.4, 0.5) is 0 Å². The number of hydrogen-bond acceptors (Lipinski definition) is 9. The van der Waals surface area contributed by atoms with Gasteiger partial charge in [-0.3, -0.25) is 14.4 Å². The summed E-state index contributed by atoms with van der Waals surface area (Å²) < 4.78 is 67.4. The summed E-state index contributed by atoms with van der Waals surface area (Å²) in [4.78, 5) is 34.5. The van der Waals surface area contributed by atoms with Crippen LogP contribution in [-0.4, -0.2) is 55.1 Å². The zero-order chi connectivity index (χ0) is 93.0. The number of carbonyl (C=O) groups is 3. The summed E-state index contributed by atoms with van der Waals surface area (Å²) in [7, 11) is -9.34. The number of carbonyl (C=O) groups excluding carboxylic acids is 3. The van der Waals surface area contributed by atoms with Gasteiger partial charge >= 0.3 is 0 Å². The van der Waals surface area contributed by atoms with Crippen LogP contribution >= 0.6 is 0 Å². The van der Waals surface area contributed by atoms with Gasteiger partial charge in [-0.05, 0) is 97.8 Å². The number of fused-ring (bicyclic) bond motifs is 2. The van der Waals surface area contributed by atoms with Gasteiger partial charge in [0.1, 0.15) is 0 Å². The molecular weight excluding hydrogens is 1550 g/mol. The lowest BCUT2D eigenvalue weighted by molar-refractivity contribution is 0.100. The van der Waals surface area contributed by atoms with E-state index in [-0.39, 0.29) is 17.3 Å². The molecule has 0 unspecified atom stereocenters. The van der Waals surface area contributed by atoms with Crippen LogP contribution in [0.5, 0.6) is 0 Å². The quantitative estimate of drug-likeness (QED) is 0.135. The Kier molecular flexibility index (Phi) is 81.7. The molecule has 14 aromatic carbocycles. The van der Waals surface area contributed by atoms with E-state index in [9.17, 15) is 39.6 Å². The predicted molar refractivity (Wildman–Crippen MR) is 530 cm³/mol. The topological polar surface area (TPSA) is 154 Å². The van der Waals surface area contributed by atoms with E-state index in [1.807, 2.05) is 296 Å². The lowest BCUT2D eigenvalue weighted by Gasteiger charge is -2.03. The number of benzene rings is 14. The summed E-state index contributed by atoms with van der Waals surface area (Å²) in [5, 5.41) is 5.24. The summed E-state index contributed by atoms with van der Waals surface area (Å²) in [5.41, 5.74) is 5.66. The van der Waals surface area contributed by atoms with Gasteiger partial charge in [-0.2, -0.15) is 0 Å². The highest BCUT2D eigenvalue weighted by Gasteiger charge is 2.16. The standard InChI is InChI=1S/C13H10O.C12H10O2S.2C10H8.2C8H8O.2C7H8O2S.2C7H8.10C2H6/c14-13(11-7-3-1-4-8-11)12-9-5-2-6-10-12;13-15(14,11-7-3-1-4-8-11)12-9-5-2-6-10-12;2*1-2-6-10-8-4-3-7-9(10)5-1;2*1-7(9)8-5-3-2-4-6-8;2*1-10(8,9)7-5-3-2-4-6-7;2*1-7-5-3-2-4-6-7;10*1-2/h1-10H;1-10H;2*1-8H;2*2-6H,1H3;2*2-6H,1H3;2*2-6H,1H3;10*1-2H3. The first-order chi connectivity index (χ1) is 58.6. The molecular formula is C109H144O9S3. The van der Waals surface area contributed by atoms with Crippen LogP contribution in [0, 0.1) is 13.8 Å². The van der Waals surface area contributed by atoms with Crippen molar-refractivity contribution in [2.24, 2.45) is 0 Å². The van der Waals surface area contributed by atoms with Crippen molar-refractivity contribution in [3.8, 4) is 0 Å². The Bertz CT molecular complexity index is 4540. The summed E-state index contributed by atoms with van der Waals surface area (Å²) in [6.07, 6.45) is 2.39. The normalized spacial score (nSPS) is 8.88. The van der Waals surface area contributed by atoms with E-state index in [0.717, 1.165) is 22.3 Å². The highest BCUT2D eigenvalue weighted by Crippen LogP contribution is 2.20. The van der Waals surface area contributed by atoms with Crippen LogP contribution in [0.25, 0.3) is 21.5 Å². The highest BCUT2D eigenvalue weighted by atomic mass is 32.2. The summed E-state index contributed by atoms with van der Waals surface area (Å²) in [5.74, 6) is 0.317. The second-order valence-corrected chi connectivity index (χ2v) is 28.2. The third kappa shape index (κ3) is 58.9. The van der Waals surface area contributed by atoms with Gasteiger partial charge in [0.05, 0.1) is 19.6 Å². The van der Waals surface area contributed by atoms with E-state index in [1.165, 1.54) is 45.2 Å². The average molecular weight is 1690 g/mol. The van der Waals surface area contributed by atoms with Gasteiger partial charge in [0.2, 0.25) is 9.84 Å². The SMILES string of the molecule is CC.CC.CC.CC.CC.CC.CC.CC.CC.CC.CC(=O)c1ccccc1.CC(=O)c1ccccc1.CS(=O)(=O)c1ccccc1.CS(=O)(=O)c1ccccc1.Cc1ccccc1.Cc1ccccc1.O=C(c1ccccc1)c1ccccc1.O=S(=O)(c1ccccc1)c1ccccc1.c1ccc2ccccc2c1.c1ccc2ccccc2c1. The summed E-state index contributed by atoms with van der Waals surface area (Å²) in [6.45, 7) is 47.3. The molecule has 0 fully saturated rings. The van der Waals surface area contributed by atoms with E-state index in [2.05, 4.69) is 135 Å². The van der Waals surface area contributed by atoms with Gasteiger partial charge in [-0.15, -0.1) is 0 Å². The van der Waals surface area contributed by atoms with Gasteiger partial charge in [-0.1, -0.05) is 501 Å². The monoisotopic (exact) mass is 1690 g/mol. The molecule has 0 saturated heterocycles. The molecule has 0 aliphatic carbocycles. The van der Waals surface area contributed by atoms with Crippen molar-refractivity contribution in [1.29, 1.82) is 0 Å². The second kappa shape index (κ2) is 82.2. The molecule has 121 heavy (non-hydrogen) atoms. The Morgan fingerprint density at radius 2 is 0.314 bits per heavy atom. The van der Waals surface area contributed by atoms with Crippen LogP contribution in [0.2, 0.25) is 0 Å². The molecule has 652 valence electrons. The zero-order valence-corrected chi connectivity index (χ0v) is 80.0. The fourth-order valence-electron chi connectivity index (χ4n) is 8.70. The number of ketones is 3. The molecule has 0 aliphatic heterocycles. The van der Waals surface area contributed by atoms with Crippen molar-refractivity contribution in [2.75, 3.05) is 12.5 Å². The molecule has 0 atom stereocenters. The first kappa shape index (κ1) is 120. The largest absolute Gasteiger partial charge is 0.295 e. The van der Waals surface area contributed by atoms with Crippen molar-refractivity contribution >= 4 is 68.4 Å². The van der Waals surface area contributed by atoms with Crippen LogP contribution in [0.15, 0.2) is 420 Å². The molecule has 12 heteroatoms. The van der Waals surface area contributed by atoms with Gasteiger partial charge < -0.3 is 0 Å². The van der Waals surface area contributed by atoms with Crippen LogP contribution in [-0.2, 0) is 29.5 Å². The Balaban J connectivity index is -0.000000298. The van der Waals surface area contributed by atoms with Crippen molar-refractivity contribution in [2.45, 2.75) is 186 Å². The highest BCUT2D eigenvalue weighted by molar-refractivity contribution is 7.91. The van der Waals surface area contributed by atoms with Gasteiger partial charge in [0, 0.05) is 34.8 Å². The third-order valence-corrected chi connectivity index (χ3v) is 18.1. The van der Waals surface area contributed by atoms with Gasteiger partial charge in [0.15, 0.2) is 37.0 Å². The number of Topliss-reactive ketones (excluding diaryl/α,β-unsaturated/α-hetero) is 2. The minimum absolute atomic E-state index is 0.0752. The van der Waals surface area contributed by atoms with E-state index >= 15 is 0 Å². The maximum absolute atomic E-state index is 12.0. The van der Waals surface area contributed by atoms with Crippen molar-refractivity contribution in [1.82, 2.24) is 0 Å². The lowest BCUT2D eigenvalue weighted by Crippen LogP contribution is -2.00. The lowest BCUT2D eigenvalue weighted by atomic mass is 10.0. The minimum atomic E-state index is -3.34. The Labute approximate surface area is 734 Å². The fraction of sp³-hybridized carbons (Fsp3) is 0.239. The molecule has 0 bridgehead atoms. The molecule has 0 saturated carbocycles. The van der Waals surface area contributed by atoms with E-state index < -0.39 is 29.5 Å². The Morgan fingerprint density at radius 1 is 0.182 bits per heavy atom. The van der Waals surface area contributed by atoms with Crippen molar-refractivity contribution in [3.05, 3.63) is 434 Å². The molecule has 0 radical (unpaired) electrons. The summed E-state index contributed by atoms with van der Waals surface area (Å²) in [6, 6.07) is 125. The third-order valence-electron chi connectivity index (χ3n) is 14.1. The Morgan fingerprint density at radius 3 is 0.438 bits per heavy atom. The van der Waals surface area contributed by atoms with Gasteiger partial charge in [0.25, 0.3) is 0 Å². The van der Waals surface area contributed by atoms with E-state index in [1.54, 1.807) is 135 Å². The molecule has 9 nitrogen and oxygen atoms in total. The first-order valence-electron chi connectivity index (χ1n) is 42.2. The fourth-order valence-corrected chi connectivity index (χ4v) is 11.3. The second-order valence-electron chi connectivity index (χ2n) is 22.2. The molecule has 0 aromatic heterocycles. The maximum atomic E-state index is 12.0. The van der Waals surface area contributed by atoms with Crippen LogP contribution in [0.1, 0.15) is 200 Å². The molecule has 0 heterocycles. The van der Waals surface area contributed by atoms with Crippen LogP contribution < -0.4 is 0 Å². The van der Waals surface area contributed by atoms with Crippen LogP contribution in [0.3, 0.4) is 0 Å². The van der Waals surface area contributed by atoms with E-state index in [0.29, 0.717) is 19.6 Å². The molecule has 0 amide bonds. The van der Waals surface area contributed by atoms with Gasteiger partial charge in [-0.25, -0.2) is 25.3 Å². The Hall–Kier alpha value is -11.5. The molecule has 14 aromatic rings. The molecule has 0 aliphatic rings. The number of rotatable bonds is 8. The minimum Gasteiger partial charge on any atom is -0.295 e.